The molecule has 8 nitrogen and oxygen atoms in total. The molecule has 0 aliphatic carbocycles. The summed E-state index contributed by atoms with van der Waals surface area (Å²) in [5, 5.41) is -0.446. The van der Waals surface area contributed by atoms with Crippen LogP contribution in [-0.4, -0.2) is 43.3 Å². The van der Waals surface area contributed by atoms with E-state index in [9.17, 15) is 14.4 Å². The molecule has 0 radical (unpaired) electrons. The number of nitrogens with zero attached hydrogens (tertiary/aromatic N) is 1. The molecule has 1 aliphatic heterocycles. The Bertz CT molecular complexity index is 1010. The van der Waals surface area contributed by atoms with Crippen LogP contribution in [0.15, 0.2) is 38.1 Å². The monoisotopic (exact) mass is 481 g/mol. The Morgan fingerprint density at radius 2 is 1.97 bits per heavy atom. The highest BCUT2D eigenvalue weighted by Gasteiger charge is 2.36. The minimum absolute atomic E-state index is 0.00372. The Hall–Kier alpha value is -2.72. The molecule has 3 rings (SSSR count). The van der Waals surface area contributed by atoms with Gasteiger partial charge in [-0.25, -0.2) is 4.79 Å². The lowest BCUT2D eigenvalue weighted by atomic mass is 10.1. The van der Waals surface area contributed by atoms with E-state index in [-0.39, 0.29) is 23.0 Å². The summed E-state index contributed by atoms with van der Waals surface area (Å²) in [5.41, 5.74) is 0.579. The number of ether oxygens (including phenoxy) is 3. The smallest absolute Gasteiger partial charge is 0.373 e. The van der Waals surface area contributed by atoms with E-state index < -0.39 is 17.1 Å². The van der Waals surface area contributed by atoms with Crippen LogP contribution >= 0.6 is 27.7 Å². The number of carbonyl (C=O) groups is 3. The van der Waals surface area contributed by atoms with Gasteiger partial charge in [-0.15, -0.1) is 0 Å². The second-order valence-electron chi connectivity index (χ2n) is 5.76. The maximum atomic E-state index is 12.8. The second-order valence-corrected chi connectivity index (χ2v) is 7.66. The Balaban J connectivity index is 1.86. The van der Waals surface area contributed by atoms with Crippen molar-refractivity contribution in [3.05, 3.63) is 50.7 Å². The number of hydrogen-bond donors (Lipinski definition) is 0. The summed E-state index contributed by atoms with van der Waals surface area (Å²) in [7, 11) is 4.23. The second kappa shape index (κ2) is 8.75. The van der Waals surface area contributed by atoms with Crippen molar-refractivity contribution in [3.8, 4) is 11.5 Å². The van der Waals surface area contributed by atoms with Crippen molar-refractivity contribution in [1.29, 1.82) is 0 Å². The number of furan rings is 1. The number of carbonyl (C=O) groups excluding carboxylic acids is 3. The number of imide groups is 1. The average molecular weight is 482 g/mol. The van der Waals surface area contributed by atoms with Crippen molar-refractivity contribution in [1.82, 2.24) is 4.90 Å². The molecule has 0 bridgehead atoms. The van der Waals surface area contributed by atoms with Crippen LogP contribution in [0.1, 0.15) is 21.9 Å². The standard InChI is InChI=1S/C19H16BrNO7S/c1-25-14-8-11(20)6-10(16(14)26-2)7-15-17(22)21(19(24)29-15)9-12-4-5-13(28-12)18(23)27-3/h4-8H,9H2,1-3H3. The number of amides is 2. The van der Waals surface area contributed by atoms with Crippen molar-refractivity contribution in [2.45, 2.75) is 6.54 Å². The summed E-state index contributed by atoms with van der Waals surface area (Å²) >= 11 is 4.19. The first-order valence-electron chi connectivity index (χ1n) is 8.21. The van der Waals surface area contributed by atoms with Crippen LogP contribution in [0.4, 0.5) is 4.79 Å². The van der Waals surface area contributed by atoms with E-state index in [1.165, 1.54) is 33.5 Å². The van der Waals surface area contributed by atoms with Crippen LogP contribution < -0.4 is 9.47 Å². The van der Waals surface area contributed by atoms with Gasteiger partial charge in [-0.3, -0.25) is 14.5 Å². The molecule has 1 saturated heterocycles. The quantitative estimate of drug-likeness (QED) is 0.449. The van der Waals surface area contributed by atoms with E-state index in [1.807, 2.05) is 0 Å². The van der Waals surface area contributed by atoms with Gasteiger partial charge in [0.2, 0.25) is 5.76 Å². The largest absolute Gasteiger partial charge is 0.493 e. The van der Waals surface area contributed by atoms with Crippen LogP contribution in [-0.2, 0) is 16.1 Å². The molecule has 2 amide bonds. The predicted octanol–water partition coefficient (Wildman–Crippen LogP) is 4.08. The molecule has 2 aromatic rings. The molecule has 152 valence electrons. The minimum Gasteiger partial charge on any atom is -0.493 e. The number of halogens is 1. The molecule has 1 fully saturated rings. The fourth-order valence-corrected chi connectivity index (χ4v) is 3.96. The number of esters is 1. The number of benzene rings is 1. The average Bonchev–Trinajstić information content (AvgIpc) is 3.27. The highest BCUT2D eigenvalue weighted by atomic mass is 79.9. The van der Waals surface area contributed by atoms with Crippen LogP contribution in [0, 0.1) is 0 Å². The first kappa shape index (κ1) is 21.0. The third kappa shape index (κ3) is 4.33. The van der Waals surface area contributed by atoms with Gasteiger partial charge in [-0.2, -0.15) is 0 Å². The van der Waals surface area contributed by atoms with Gasteiger partial charge in [0.15, 0.2) is 11.5 Å². The zero-order valence-corrected chi connectivity index (χ0v) is 18.1. The van der Waals surface area contributed by atoms with Crippen LogP contribution in [0.3, 0.4) is 0 Å². The number of methoxy groups -OCH3 is 3. The van der Waals surface area contributed by atoms with Gasteiger partial charge < -0.3 is 18.6 Å². The van der Waals surface area contributed by atoms with Gasteiger partial charge in [0.1, 0.15) is 5.76 Å². The maximum Gasteiger partial charge on any atom is 0.373 e. The molecule has 1 aliphatic rings. The maximum absolute atomic E-state index is 12.8. The molecule has 0 unspecified atom stereocenters. The zero-order chi connectivity index (χ0) is 21.1. The molecular formula is C19H16BrNO7S. The molecule has 1 aromatic carbocycles. The van der Waals surface area contributed by atoms with Gasteiger partial charge in [-0.1, -0.05) is 15.9 Å². The summed E-state index contributed by atoms with van der Waals surface area (Å²) in [6.45, 7) is -0.0993. The van der Waals surface area contributed by atoms with Gasteiger partial charge in [0.05, 0.1) is 32.8 Å². The first-order chi connectivity index (χ1) is 13.9. The van der Waals surface area contributed by atoms with Crippen LogP contribution in [0.25, 0.3) is 6.08 Å². The third-order valence-electron chi connectivity index (χ3n) is 3.99. The lowest BCUT2D eigenvalue weighted by Crippen LogP contribution is -2.27. The molecule has 0 atom stereocenters. The van der Waals surface area contributed by atoms with Crippen molar-refractivity contribution >= 4 is 50.9 Å². The van der Waals surface area contributed by atoms with Crippen LogP contribution in [0.5, 0.6) is 11.5 Å². The lowest BCUT2D eigenvalue weighted by Gasteiger charge is -2.12. The summed E-state index contributed by atoms with van der Waals surface area (Å²) in [4.78, 5) is 37.9. The Kier molecular flexibility index (Phi) is 6.33. The molecule has 0 N–H and O–H groups in total. The van der Waals surface area contributed by atoms with E-state index in [0.29, 0.717) is 17.1 Å². The Labute approximate surface area is 178 Å². The van der Waals surface area contributed by atoms with Gasteiger partial charge in [-0.05, 0) is 42.1 Å². The number of hydrogen-bond acceptors (Lipinski definition) is 8. The summed E-state index contributed by atoms with van der Waals surface area (Å²) < 4.78 is 21.3. The molecule has 1 aromatic heterocycles. The van der Waals surface area contributed by atoms with Crippen molar-refractivity contribution in [2.24, 2.45) is 0 Å². The minimum atomic E-state index is -0.638. The summed E-state index contributed by atoms with van der Waals surface area (Å²) in [5.74, 6) is 0.0964. The summed E-state index contributed by atoms with van der Waals surface area (Å²) in [6, 6.07) is 6.43. The molecule has 0 saturated carbocycles. The zero-order valence-electron chi connectivity index (χ0n) is 15.7. The van der Waals surface area contributed by atoms with E-state index in [2.05, 4.69) is 20.7 Å². The van der Waals surface area contributed by atoms with Crippen molar-refractivity contribution in [3.63, 3.8) is 0 Å². The van der Waals surface area contributed by atoms with E-state index >= 15 is 0 Å². The third-order valence-corrected chi connectivity index (χ3v) is 5.36. The molecular weight excluding hydrogens is 466 g/mol. The van der Waals surface area contributed by atoms with Crippen molar-refractivity contribution in [2.75, 3.05) is 21.3 Å². The molecule has 2 heterocycles. The highest BCUT2D eigenvalue weighted by Crippen LogP contribution is 2.39. The summed E-state index contributed by atoms with van der Waals surface area (Å²) in [6.07, 6.45) is 1.57. The lowest BCUT2D eigenvalue weighted by molar-refractivity contribution is -0.123. The molecule has 29 heavy (non-hydrogen) atoms. The van der Waals surface area contributed by atoms with Crippen LogP contribution in [0.2, 0.25) is 0 Å². The van der Waals surface area contributed by atoms with Gasteiger partial charge >= 0.3 is 5.97 Å². The fraction of sp³-hybridized carbons (Fsp3) is 0.211. The highest BCUT2D eigenvalue weighted by molar-refractivity contribution is 9.10. The Morgan fingerprint density at radius 1 is 1.21 bits per heavy atom. The van der Waals surface area contributed by atoms with Crippen molar-refractivity contribution < 1.29 is 33.0 Å². The normalized spacial score (nSPS) is 15.2. The Morgan fingerprint density at radius 3 is 2.62 bits per heavy atom. The topological polar surface area (TPSA) is 95.3 Å². The van der Waals surface area contributed by atoms with E-state index in [4.69, 9.17) is 13.9 Å². The fourth-order valence-electron chi connectivity index (χ4n) is 2.67. The SMILES string of the molecule is COC(=O)c1ccc(CN2C(=O)SC(=Cc3cc(Br)cc(OC)c3OC)C2=O)o1. The van der Waals surface area contributed by atoms with E-state index in [1.54, 1.807) is 18.2 Å². The number of thioether (sulfide) groups is 1. The number of rotatable bonds is 6. The van der Waals surface area contributed by atoms with Gasteiger partial charge in [0, 0.05) is 10.0 Å². The van der Waals surface area contributed by atoms with E-state index in [0.717, 1.165) is 21.1 Å². The predicted molar refractivity (Wildman–Crippen MR) is 109 cm³/mol. The first-order valence-corrected chi connectivity index (χ1v) is 9.82. The van der Waals surface area contributed by atoms with Gasteiger partial charge in [0.25, 0.3) is 11.1 Å². The molecule has 10 heteroatoms. The molecule has 0 spiro atoms.